The van der Waals surface area contributed by atoms with Crippen LogP contribution in [0.3, 0.4) is 0 Å². The lowest BCUT2D eigenvalue weighted by atomic mass is 9.96. The third kappa shape index (κ3) is 5.88. The lowest BCUT2D eigenvalue weighted by Crippen LogP contribution is -2.50. The summed E-state index contributed by atoms with van der Waals surface area (Å²) in [4.78, 5) is 26.8. The van der Waals surface area contributed by atoms with Gasteiger partial charge in [0.2, 0.25) is 5.91 Å². The summed E-state index contributed by atoms with van der Waals surface area (Å²) in [6.45, 7) is 5.91. The summed E-state index contributed by atoms with van der Waals surface area (Å²) in [5.74, 6) is 0.509. The fourth-order valence-corrected chi connectivity index (χ4v) is 3.08. The molecule has 0 bridgehead atoms. The first-order valence-electron chi connectivity index (χ1n) is 9.05. The normalized spacial score (nSPS) is 17.8. The molecule has 1 saturated heterocycles. The molecule has 0 saturated carbocycles. The summed E-state index contributed by atoms with van der Waals surface area (Å²) >= 11 is 0. The summed E-state index contributed by atoms with van der Waals surface area (Å²) in [6, 6.07) is 7.69. The number of hydrogen-bond acceptors (Lipinski definition) is 4. The second kappa shape index (κ2) is 11.0. The van der Waals surface area contributed by atoms with Crippen LogP contribution in [-0.2, 0) is 9.59 Å². The van der Waals surface area contributed by atoms with Gasteiger partial charge in [-0.25, -0.2) is 0 Å². The third-order valence-electron chi connectivity index (χ3n) is 4.56. The maximum atomic E-state index is 12.9. The molecule has 0 radical (unpaired) electrons. The van der Waals surface area contributed by atoms with Gasteiger partial charge in [-0.1, -0.05) is 25.1 Å². The van der Waals surface area contributed by atoms with Crippen molar-refractivity contribution in [3.63, 3.8) is 0 Å². The molecule has 26 heavy (non-hydrogen) atoms. The van der Waals surface area contributed by atoms with E-state index in [1.165, 1.54) is 0 Å². The zero-order valence-corrected chi connectivity index (χ0v) is 16.4. The largest absolute Gasteiger partial charge is 0.480 e. The molecule has 0 spiro atoms. The Morgan fingerprint density at radius 1 is 1.38 bits per heavy atom. The van der Waals surface area contributed by atoms with E-state index in [4.69, 9.17) is 10.5 Å². The number of rotatable bonds is 7. The number of ether oxygens (including phenoxy) is 1. The van der Waals surface area contributed by atoms with Crippen molar-refractivity contribution >= 4 is 24.2 Å². The van der Waals surface area contributed by atoms with E-state index in [1.54, 1.807) is 4.90 Å². The quantitative estimate of drug-likeness (QED) is 0.753. The summed E-state index contributed by atoms with van der Waals surface area (Å²) < 4.78 is 5.96. The number of benzene rings is 1. The van der Waals surface area contributed by atoms with Crippen LogP contribution in [-0.4, -0.2) is 49.0 Å². The van der Waals surface area contributed by atoms with Crippen LogP contribution in [0.4, 0.5) is 0 Å². The predicted octanol–water partition coefficient (Wildman–Crippen LogP) is 1.89. The molecule has 7 heteroatoms. The molecule has 1 aliphatic rings. The van der Waals surface area contributed by atoms with Crippen molar-refractivity contribution in [2.24, 2.45) is 11.7 Å². The van der Waals surface area contributed by atoms with Gasteiger partial charge in [-0.05, 0) is 37.8 Å². The van der Waals surface area contributed by atoms with Crippen LogP contribution in [0.25, 0.3) is 0 Å². The minimum absolute atomic E-state index is 0. The molecular weight excluding hydrogens is 354 g/mol. The molecule has 1 fully saturated rings. The van der Waals surface area contributed by atoms with Gasteiger partial charge in [0.15, 0.2) is 6.10 Å². The van der Waals surface area contributed by atoms with Gasteiger partial charge in [-0.2, -0.15) is 0 Å². The standard InChI is InChI=1S/C19H29N3O3.ClH/c1-3-16(25-17-9-5-4-7-14(17)2)19(24)22-12-6-8-15(13-22)18(23)21-11-10-20;/h4-5,7,9,15-16H,3,6,8,10-13,20H2,1-2H3,(H,21,23);1H. The number of amides is 2. The van der Waals surface area contributed by atoms with Gasteiger partial charge in [0.1, 0.15) is 5.75 Å². The summed E-state index contributed by atoms with van der Waals surface area (Å²) in [5, 5.41) is 2.82. The zero-order chi connectivity index (χ0) is 18.2. The Labute approximate surface area is 161 Å². The van der Waals surface area contributed by atoms with Gasteiger partial charge >= 0.3 is 0 Å². The first kappa shape index (κ1) is 22.3. The van der Waals surface area contributed by atoms with E-state index >= 15 is 0 Å². The Morgan fingerprint density at radius 2 is 2.12 bits per heavy atom. The summed E-state index contributed by atoms with van der Waals surface area (Å²) in [5.41, 5.74) is 6.44. The van der Waals surface area contributed by atoms with Crippen LogP contribution in [0.2, 0.25) is 0 Å². The van der Waals surface area contributed by atoms with E-state index in [1.807, 2.05) is 38.1 Å². The van der Waals surface area contributed by atoms with Crippen molar-refractivity contribution in [2.75, 3.05) is 26.2 Å². The first-order valence-corrected chi connectivity index (χ1v) is 9.05. The van der Waals surface area contributed by atoms with Crippen molar-refractivity contribution in [3.8, 4) is 5.75 Å². The number of carbonyl (C=O) groups is 2. The summed E-state index contributed by atoms with van der Waals surface area (Å²) in [7, 11) is 0. The maximum absolute atomic E-state index is 12.9. The van der Waals surface area contributed by atoms with Crippen LogP contribution in [0.15, 0.2) is 24.3 Å². The van der Waals surface area contributed by atoms with Gasteiger partial charge in [0, 0.05) is 26.2 Å². The number of halogens is 1. The van der Waals surface area contributed by atoms with Crippen molar-refractivity contribution in [3.05, 3.63) is 29.8 Å². The third-order valence-corrected chi connectivity index (χ3v) is 4.56. The maximum Gasteiger partial charge on any atom is 0.263 e. The van der Waals surface area contributed by atoms with Crippen LogP contribution in [0.1, 0.15) is 31.7 Å². The summed E-state index contributed by atoms with van der Waals surface area (Å²) in [6.07, 6.45) is 1.70. The van der Waals surface area contributed by atoms with Gasteiger partial charge < -0.3 is 20.7 Å². The van der Waals surface area contributed by atoms with Crippen molar-refractivity contribution < 1.29 is 14.3 Å². The molecule has 0 aliphatic carbocycles. The Kier molecular flexibility index (Phi) is 9.44. The van der Waals surface area contributed by atoms with Crippen molar-refractivity contribution in [1.29, 1.82) is 0 Å². The van der Waals surface area contributed by atoms with E-state index in [9.17, 15) is 9.59 Å². The molecule has 2 amide bonds. The SMILES string of the molecule is CCC(Oc1ccccc1C)C(=O)N1CCCC(C(=O)NCCN)C1.Cl. The van der Waals surface area contributed by atoms with Gasteiger partial charge in [-0.3, -0.25) is 9.59 Å². The Bertz CT molecular complexity index is 597. The van der Waals surface area contributed by atoms with Gasteiger partial charge in [0.25, 0.3) is 5.91 Å². The minimum Gasteiger partial charge on any atom is -0.480 e. The highest BCUT2D eigenvalue weighted by molar-refractivity contribution is 5.85. The lowest BCUT2D eigenvalue weighted by Gasteiger charge is -2.34. The molecule has 1 aromatic carbocycles. The molecule has 6 nitrogen and oxygen atoms in total. The number of carbonyl (C=O) groups excluding carboxylic acids is 2. The number of aryl methyl sites for hydroxylation is 1. The Morgan fingerprint density at radius 3 is 2.77 bits per heavy atom. The molecule has 1 aromatic rings. The number of piperidine rings is 1. The van der Waals surface area contributed by atoms with E-state index in [-0.39, 0.29) is 30.1 Å². The molecule has 3 N–H and O–H groups in total. The second-order valence-corrected chi connectivity index (χ2v) is 6.48. The van der Waals surface area contributed by atoms with Crippen LogP contribution in [0, 0.1) is 12.8 Å². The molecule has 2 rings (SSSR count). The number of hydrogen-bond donors (Lipinski definition) is 2. The Balaban J connectivity index is 0.00000338. The van der Waals surface area contributed by atoms with Gasteiger partial charge in [-0.15, -0.1) is 12.4 Å². The highest BCUT2D eigenvalue weighted by Gasteiger charge is 2.32. The fraction of sp³-hybridized carbons (Fsp3) is 0.579. The van der Waals surface area contributed by atoms with Crippen LogP contribution >= 0.6 is 12.4 Å². The van der Waals surface area contributed by atoms with Gasteiger partial charge in [0.05, 0.1) is 5.92 Å². The first-order chi connectivity index (χ1) is 12.1. The molecule has 0 aromatic heterocycles. The smallest absolute Gasteiger partial charge is 0.263 e. The average Bonchev–Trinajstić information content (AvgIpc) is 2.65. The molecule has 1 heterocycles. The van der Waals surface area contributed by atoms with Crippen LogP contribution < -0.4 is 15.8 Å². The Hall–Kier alpha value is -1.79. The fourth-order valence-electron chi connectivity index (χ4n) is 3.08. The second-order valence-electron chi connectivity index (χ2n) is 6.48. The molecule has 2 unspecified atom stereocenters. The monoisotopic (exact) mass is 383 g/mol. The number of nitrogens with one attached hydrogen (secondary N) is 1. The highest BCUT2D eigenvalue weighted by atomic mass is 35.5. The topological polar surface area (TPSA) is 84.7 Å². The minimum atomic E-state index is -0.521. The number of nitrogens with zero attached hydrogens (tertiary/aromatic N) is 1. The molecule has 2 atom stereocenters. The average molecular weight is 384 g/mol. The van der Waals surface area contributed by atoms with Crippen molar-refractivity contribution in [1.82, 2.24) is 10.2 Å². The zero-order valence-electron chi connectivity index (χ0n) is 15.6. The number of nitrogens with two attached hydrogens (primary N) is 1. The lowest BCUT2D eigenvalue weighted by molar-refractivity contribution is -0.142. The van der Waals surface area contributed by atoms with E-state index in [2.05, 4.69) is 5.32 Å². The predicted molar refractivity (Wildman–Crippen MR) is 105 cm³/mol. The number of para-hydroxylation sites is 1. The van der Waals surface area contributed by atoms with Crippen molar-refractivity contribution in [2.45, 2.75) is 39.2 Å². The number of likely N-dealkylation sites (tertiary alicyclic amines) is 1. The molecular formula is C19H30ClN3O3. The molecule has 146 valence electrons. The van der Waals surface area contributed by atoms with Crippen LogP contribution in [0.5, 0.6) is 5.75 Å². The van der Waals surface area contributed by atoms with E-state index in [0.29, 0.717) is 32.6 Å². The highest BCUT2D eigenvalue weighted by Crippen LogP contribution is 2.22. The van der Waals surface area contributed by atoms with E-state index in [0.717, 1.165) is 24.2 Å². The van der Waals surface area contributed by atoms with E-state index < -0.39 is 6.10 Å². The molecule has 1 aliphatic heterocycles.